The lowest BCUT2D eigenvalue weighted by Gasteiger charge is -2.44. The van der Waals surface area contributed by atoms with Crippen molar-refractivity contribution in [2.24, 2.45) is 11.1 Å². The molecule has 0 spiro atoms. The smallest absolute Gasteiger partial charge is 0.248 e. The number of nitrogens with zero attached hydrogens (tertiary/aromatic N) is 2. The first-order valence-corrected chi connectivity index (χ1v) is 11.6. The van der Waals surface area contributed by atoms with Gasteiger partial charge in [-0.25, -0.2) is 0 Å². The molecule has 1 atom stereocenters. The fourth-order valence-corrected chi connectivity index (χ4v) is 4.98. The maximum absolute atomic E-state index is 13.6. The Hall–Kier alpha value is -3.09. The third-order valence-electron chi connectivity index (χ3n) is 5.86. The van der Waals surface area contributed by atoms with Crippen LogP contribution < -0.4 is 5.73 Å². The van der Waals surface area contributed by atoms with Crippen LogP contribution in [0.1, 0.15) is 46.4 Å². The Morgan fingerprint density at radius 1 is 1.19 bits per heavy atom. The number of piperidine rings is 1. The van der Waals surface area contributed by atoms with Crippen LogP contribution in [0.5, 0.6) is 0 Å². The lowest BCUT2D eigenvalue weighted by Crippen LogP contribution is -2.49. The highest BCUT2D eigenvalue weighted by Gasteiger charge is 2.43. The number of carbonyl (C=O) groups excluding carboxylic acids is 2. The molecule has 3 heterocycles. The summed E-state index contributed by atoms with van der Waals surface area (Å²) in [6.45, 7) is 5.48. The van der Waals surface area contributed by atoms with E-state index in [-0.39, 0.29) is 11.8 Å². The van der Waals surface area contributed by atoms with Crippen LogP contribution in [0.4, 0.5) is 0 Å². The van der Waals surface area contributed by atoms with Gasteiger partial charge in [0.1, 0.15) is 0 Å². The number of primary amides is 1. The van der Waals surface area contributed by atoms with Gasteiger partial charge in [0.05, 0.1) is 11.7 Å². The maximum atomic E-state index is 13.6. The molecule has 164 valence electrons. The normalized spacial score (nSPS) is 19.9. The number of hydrogen-bond donors (Lipinski definition) is 1. The number of carbonyl (C=O) groups is 2. The van der Waals surface area contributed by atoms with Crippen molar-refractivity contribution in [2.45, 2.75) is 26.3 Å². The van der Waals surface area contributed by atoms with Crippen LogP contribution in [0, 0.1) is 5.41 Å². The first kappa shape index (κ1) is 22.1. The van der Waals surface area contributed by atoms with E-state index in [9.17, 15) is 9.59 Å². The molecule has 1 saturated heterocycles. The van der Waals surface area contributed by atoms with E-state index in [0.717, 1.165) is 29.8 Å². The van der Waals surface area contributed by atoms with Crippen molar-refractivity contribution < 1.29 is 9.59 Å². The first-order chi connectivity index (χ1) is 15.3. The van der Waals surface area contributed by atoms with Crippen LogP contribution in [0.2, 0.25) is 0 Å². The van der Waals surface area contributed by atoms with Crippen LogP contribution in [-0.2, 0) is 11.2 Å². The van der Waals surface area contributed by atoms with Crippen molar-refractivity contribution in [3.63, 3.8) is 0 Å². The number of aromatic nitrogens is 1. The molecule has 5 nitrogen and oxygen atoms in total. The number of ketones is 1. The fourth-order valence-electron chi connectivity index (χ4n) is 4.28. The topological polar surface area (TPSA) is 76.3 Å². The van der Waals surface area contributed by atoms with Crippen LogP contribution in [-0.4, -0.2) is 34.7 Å². The Kier molecular flexibility index (Phi) is 6.35. The van der Waals surface area contributed by atoms with E-state index in [4.69, 9.17) is 5.73 Å². The summed E-state index contributed by atoms with van der Waals surface area (Å²) in [5, 5.41) is 2.09. The molecule has 1 fully saturated rings. The minimum atomic E-state index is -0.514. The van der Waals surface area contributed by atoms with Gasteiger partial charge in [0.15, 0.2) is 5.78 Å². The molecule has 32 heavy (non-hydrogen) atoms. The summed E-state index contributed by atoms with van der Waals surface area (Å²) in [6, 6.07) is 17.0. The van der Waals surface area contributed by atoms with Gasteiger partial charge in [-0.15, -0.1) is 11.3 Å². The quantitative estimate of drug-likeness (QED) is 0.566. The Bertz CT molecular complexity index is 1120. The lowest BCUT2D eigenvalue weighted by atomic mass is 9.74. The first-order valence-electron chi connectivity index (χ1n) is 10.7. The SMILES string of the molecule is CC1(C)CN(CCc2cccs2)C(c2ccc(C(N)=O)cc2)C(=Cc2ccccn2)C1=O. The third kappa shape index (κ3) is 4.71. The van der Waals surface area contributed by atoms with E-state index in [1.807, 2.05) is 50.3 Å². The van der Waals surface area contributed by atoms with Crippen molar-refractivity contribution in [3.05, 3.63) is 93.4 Å². The predicted molar refractivity (Wildman–Crippen MR) is 128 cm³/mol. The molecule has 2 N–H and O–H groups in total. The molecule has 2 aromatic heterocycles. The van der Waals surface area contributed by atoms with Crippen molar-refractivity contribution in [1.82, 2.24) is 9.88 Å². The highest BCUT2D eigenvalue weighted by atomic mass is 32.1. The highest BCUT2D eigenvalue weighted by molar-refractivity contribution is 7.09. The second-order valence-electron chi connectivity index (χ2n) is 8.76. The summed E-state index contributed by atoms with van der Waals surface area (Å²) in [7, 11) is 0. The van der Waals surface area contributed by atoms with Gasteiger partial charge in [0.25, 0.3) is 0 Å². The van der Waals surface area contributed by atoms with Crippen LogP contribution in [0.15, 0.2) is 71.7 Å². The molecular formula is C26H27N3O2S. The molecule has 1 aromatic carbocycles. The van der Waals surface area contributed by atoms with E-state index < -0.39 is 11.3 Å². The lowest BCUT2D eigenvalue weighted by molar-refractivity contribution is -0.128. The Balaban J connectivity index is 1.78. The molecule has 0 bridgehead atoms. The van der Waals surface area contributed by atoms with Crippen molar-refractivity contribution in [2.75, 3.05) is 13.1 Å². The number of benzene rings is 1. The summed E-state index contributed by atoms with van der Waals surface area (Å²) in [4.78, 5) is 33.3. The molecular weight excluding hydrogens is 418 g/mol. The molecule has 0 aliphatic carbocycles. The van der Waals surface area contributed by atoms with Gasteiger partial charge in [-0.1, -0.05) is 38.1 Å². The van der Waals surface area contributed by atoms with Gasteiger partial charge in [-0.3, -0.25) is 19.5 Å². The minimum absolute atomic E-state index is 0.125. The summed E-state index contributed by atoms with van der Waals surface area (Å²) in [6.07, 6.45) is 4.55. The molecule has 1 aliphatic rings. The van der Waals surface area contributed by atoms with Crippen LogP contribution in [0.3, 0.4) is 0 Å². The fraction of sp³-hybridized carbons (Fsp3) is 0.269. The molecule has 3 aromatic rings. The summed E-state index contributed by atoms with van der Waals surface area (Å²) < 4.78 is 0. The van der Waals surface area contributed by atoms with Gasteiger partial charge in [0.2, 0.25) is 5.91 Å². The number of likely N-dealkylation sites (tertiary alicyclic amines) is 1. The van der Waals surface area contributed by atoms with Crippen molar-refractivity contribution >= 4 is 29.1 Å². The Morgan fingerprint density at radius 3 is 2.59 bits per heavy atom. The molecule has 1 aliphatic heterocycles. The van der Waals surface area contributed by atoms with Gasteiger partial charge in [-0.05, 0) is 53.8 Å². The number of pyridine rings is 1. The van der Waals surface area contributed by atoms with Crippen molar-refractivity contribution in [1.29, 1.82) is 0 Å². The standard InChI is InChI=1S/C26H27N3O2S/c1-26(2)17-29(14-12-21-7-5-15-32-21)23(18-8-10-19(11-9-18)25(27)31)22(24(26)30)16-20-6-3-4-13-28-20/h3-11,13,15-16,23H,12,14,17H2,1-2H3,(H2,27,31). The van der Waals surface area contributed by atoms with Gasteiger partial charge in [0, 0.05) is 40.7 Å². The molecule has 1 unspecified atom stereocenters. The maximum Gasteiger partial charge on any atom is 0.248 e. The number of Topliss-reactive ketones (excluding diaryl/α,β-unsaturated/α-hetero) is 1. The van der Waals surface area contributed by atoms with E-state index >= 15 is 0 Å². The molecule has 0 radical (unpaired) electrons. The zero-order chi connectivity index (χ0) is 22.7. The summed E-state index contributed by atoms with van der Waals surface area (Å²) in [5.41, 5.74) is 7.82. The average molecular weight is 446 g/mol. The van der Waals surface area contributed by atoms with Crippen LogP contribution in [0.25, 0.3) is 6.08 Å². The number of nitrogens with two attached hydrogens (primary N) is 1. The Morgan fingerprint density at radius 2 is 1.97 bits per heavy atom. The van der Waals surface area contributed by atoms with Gasteiger partial charge >= 0.3 is 0 Å². The Labute approximate surface area is 192 Å². The van der Waals surface area contributed by atoms with E-state index in [2.05, 4.69) is 27.4 Å². The van der Waals surface area contributed by atoms with Crippen LogP contribution >= 0.6 is 11.3 Å². The number of hydrogen-bond acceptors (Lipinski definition) is 5. The van der Waals surface area contributed by atoms with Gasteiger partial charge in [-0.2, -0.15) is 0 Å². The molecule has 1 amide bonds. The zero-order valence-corrected chi connectivity index (χ0v) is 19.1. The third-order valence-corrected chi connectivity index (χ3v) is 6.80. The van der Waals surface area contributed by atoms with E-state index in [0.29, 0.717) is 12.1 Å². The average Bonchev–Trinajstić information content (AvgIpc) is 3.30. The highest BCUT2D eigenvalue weighted by Crippen LogP contribution is 2.41. The van der Waals surface area contributed by atoms with Crippen molar-refractivity contribution in [3.8, 4) is 0 Å². The van der Waals surface area contributed by atoms with E-state index in [1.54, 1.807) is 29.7 Å². The second-order valence-corrected chi connectivity index (χ2v) is 9.79. The second kappa shape index (κ2) is 9.18. The van der Waals surface area contributed by atoms with E-state index in [1.165, 1.54) is 4.88 Å². The number of amides is 1. The molecule has 0 saturated carbocycles. The molecule has 6 heteroatoms. The zero-order valence-electron chi connectivity index (χ0n) is 18.3. The monoisotopic (exact) mass is 445 g/mol. The summed E-state index contributed by atoms with van der Waals surface area (Å²) >= 11 is 1.75. The minimum Gasteiger partial charge on any atom is -0.366 e. The molecule has 4 rings (SSSR count). The van der Waals surface area contributed by atoms with Gasteiger partial charge < -0.3 is 5.73 Å². The number of thiophene rings is 1. The largest absolute Gasteiger partial charge is 0.366 e. The summed E-state index contributed by atoms with van der Waals surface area (Å²) in [5.74, 6) is -0.337. The predicted octanol–water partition coefficient (Wildman–Crippen LogP) is 4.52. The number of rotatable bonds is 6.